The van der Waals surface area contributed by atoms with Crippen molar-refractivity contribution in [2.24, 2.45) is 0 Å². The van der Waals surface area contributed by atoms with E-state index in [0.717, 1.165) is 0 Å². The van der Waals surface area contributed by atoms with Gasteiger partial charge in [-0.3, -0.25) is 19.3 Å². The predicted molar refractivity (Wildman–Crippen MR) is 114 cm³/mol. The standard InChI is InChI=1S/C25H19NO4/c1-16(27)17-12-14-20(15-13-17)26-22(18-8-4-2-5-9-18)21(24(29)25(26)30)23(28)19-10-6-3-7-11-19/h2-15,22,28H,1H3/t22-/m0/s1. The molecule has 1 amide bonds. The molecule has 1 atom stereocenters. The minimum atomic E-state index is -0.783. The van der Waals surface area contributed by atoms with Crippen LogP contribution in [0.4, 0.5) is 5.69 Å². The quantitative estimate of drug-likeness (QED) is 0.304. The second kappa shape index (κ2) is 7.79. The number of aliphatic hydroxyl groups excluding tert-OH is 1. The molecule has 0 radical (unpaired) electrons. The summed E-state index contributed by atoms with van der Waals surface area (Å²) in [6, 6.07) is 23.5. The maximum atomic E-state index is 13.0. The molecule has 0 bridgehead atoms. The van der Waals surface area contributed by atoms with Crippen LogP contribution in [0.3, 0.4) is 0 Å². The number of hydrogen-bond acceptors (Lipinski definition) is 4. The summed E-state index contributed by atoms with van der Waals surface area (Å²) in [7, 11) is 0. The van der Waals surface area contributed by atoms with Crippen LogP contribution in [-0.4, -0.2) is 22.6 Å². The predicted octanol–water partition coefficient (Wildman–Crippen LogP) is 4.52. The van der Waals surface area contributed by atoms with E-state index in [-0.39, 0.29) is 17.1 Å². The van der Waals surface area contributed by atoms with E-state index < -0.39 is 17.7 Å². The highest BCUT2D eigenvalue weighted by Gasteiger charge is 2.46. The highest BCUT2D eigenvalue weighted by atomic mass is 16.3. The molecule has 1 aliphatic heterocycles. The summed E-state index contributed by atoms with van der Waals surface area (Å²) in [5.74, 6) is -1.78. The van der Waals surface area contributed by atoms with Crippen molar-refractivity contribution in [3.8, 4) is 0 Å². The fourth-order valence-electron chi connectivity index (χ4n) is 3.66. The van der Waals surface area contributed by atoms with E-state index >= 15 is 0 Å². The van der Waals surface area contributed by atoms with Gasteiger partial charge in [0, 0.05) is 16.8 Å². The summed E-state index contributed by atoms with van der Waals surface area (Å²) in [5.41, 5.74) is 2.18. The monoisotopic (exact) mass is 397 g/mol. The van der Waals surface area contributed by atoms with Gasteiger partial charge in [-0.25, -0.2) is 0 Å². The molecular weight excluding hydrogens is 378 g/mol. The first-order valence-corrected chi connectivity index (χ1v) is 9.51. The topological polar surface area (TPSA) is 74.7 Å². The SMILES string of the molecule is CC(=O)c1ccc(N2C(=O)C(=O)C(=C(O)c3ccccc3)[C@@H]2c2ccccc2)cc1. The van der Waals surface area contributed by atoms with Gasteiger partial charge in [0.2, 0.25) is 0 Å². The Morgan fingerprint density at radius 2 is 1.37 bits per heavy atom. The average Bonchev–Trinajstić information content (AvgIpc) is 3.05. The van der Waals surface area contributed by atoms with E-state index in [2.05, 4.69) is 0 Å². The molecule has 1 heterocycles. The lowest BCUT2D eigenvalue weighted by Gasteiger charge is -2.25. The first-order chi connectivity index (χ1) is 14.5. The number of ketones is 2. The maximum Gasteiger partial charge on any atom is 0.300 e. The normalized spacial score (nSPS) is 17.9. The van der Waals surface area contributed by atoms with Crippen LogP contribution in [0.25, 0.3) is 5.76 Å². The Kier molecular flexibility index (Phi) is 5.02. The van der Waals surface area contributed by atoms with Crippen molar-refractivity contribution in [3.05, 3.63) is 107 Å². The van der Waals surface area contributed by atoms with Gasteiger partial charge in [-0.2, -0.15) is 0 Å². The van der Waals surface area contributed by atoms with Crippen LogP contribution in [0.2, 0.25) is 0 Å². The number of rotatable bonds is 4. The maximum absolute atomic E-state index is 13.0. The van der Waals surface area contributed by atoms with Crippen LogP contribution in [-0.2, 0) is 9.59 Å². The van der Waals surface area contributed by atoms with Gasteiger partial charge in [0.25, 0.3) is 11.7 Å². The molecule has 1 fully saturated rings. The Hall–Kier alpha value is -3.99. The number of benzene rings is 3. The van der Waals surface area contributed by atoms with E-state index in [0.29, 0.717) is 22.4 Å². The number of amides is 1. The van der Waals surface area contributed by atoms with Crippen molar-refractivity contribution in [3.63, 3.8) is 0 Å². The summed E-state index contributed by atoms with van der Waals surface area (Å²) in [6.07, 6.45) is 0. The van der Waals surface area contributed by atoms with E-state index in [9.17, 15) is 19.5 Å². The molecule has 0 aliphatic carbocycles. The second-order valence-corrected chi connectivity index (χ2v) is 7.05. The minimum absolute atomic E-state index is 0.0352. The summed E-state index contributed by atoms with van der Waals surface area (Å²) < 4.78 is 0. The number of carbonyl (C=O) groups excluding carboxylic acids is 3. The molecule has 0 saturated carbocycles. The van der Waals surface area contributed by atoms with E-state index in [1.807, 2.05) is 30.3 Å². The van der Waals surface area contributed by atoms with Gasteiger partial charge in [-0.1, -0.05) is 60.7 Å². The van der Waals surface area contributed by atoms with Crippen molar-refractivity contribution >= 4 is 28.9 Å². The second-order valence-electron chi connectivity index (χ2n) is 7.05. The van der Waals surface area contributed by atoms with Crippen LogP contribution >= 0.6 is 0 Å². The molecule has 1 N–H and O–H groups in total. The largest absolute Gasteiger partial charge is 0.507 e. The molecule has 5 nitrogen and oxygen atoms in total. The number of hydrogen-bond donors (Lipinski definition) is 1. The average molecular weight is 397 g/mol. The van der Waals surface area contributed by atoms with E-state index in [4.69, 9.17) is 0 Å². The van der Waals surface area contributed by atoms with Gasteiger partial charge >= 0.3 is 0 Å². The Morgan fingerprint density at radius 3 is 1.93 bits per heavy atom. The molecule has 3 aromatic carbocycles. The fraction of sp³-hybridized carbons (Fsp3) is 0.0800. The first-order valence-electron chi connectivity index (χ1n) is 9.51. The van der Waals surface area contributed by atoms with Crippen molar-refractivity contribution < 1.29 is 19.5 Å². The Morgan fingerprint density at radius 1 is 0.800 bits per heavy atom. The summed E-state index contributed by atoms with van der Waals surface area (Å²) >= 11 is 0. The van der Waals surface area contributed by atoms with Crippen LogP contribution in [0.1, 0.15) is 34.5 Å². The molecule has 30 heavy (non-hydrogen) atoms. The van der Waals surface area contributed by atoms with Crippen molar-refractivity contribution in [1.82, 2.24) is 0 Å². The number of anilines is 1. The lowest BCUT2D eigenvalue weighted by Crippen LogP contribution is -2.29. The highest BCUT2D eigenvalue weighted by molar-refractivity contribution is 6.51. The zero-order chi connectivity index (χ0) is 21.3. The van der Waals surface area contributed by atoms with Gasteiger partial charge in [-0.15, -0.1) is 0 Å². The first kappa shape index (κ1) is 19.3. The lowest BCUT2D eigenvalue weighted by atomic mass is 9.95. The third-order valence-corrected chi connectivity index (χ3v) is 5.16. The molecule has 4 rings (SSSR count). The Labute approximate surface area is 173 Å². The molecular formula is C25H19NO4. The summed E-state index contributed by atoms with van der Waals surface area (Å²) in [6.45, 7) is 1.46. The fourth-order valence-corrected chi connectivity index (χ4v) is 3.66. The molecule has 5 heteroatoms. The van der Waals surface area contributed by atoms with Crippen molar-refractivity contribution in [2.75, 3.05) is 4.90 Å². The smallest absolute Gasteiger partial charge is 0.300 e. The van der Waals surface area contributed by atoms with Crippen LogP contribution in [0, 0.1) is 0 Å². The number of aliphatic hydroxyl groups is 1. The Balaban J connectivity index is 1.91. The number of nitrogens with zero attached hydrogens (tertiary/aromatic N) is 1. The van der Waals surface area contributed by atoms with Gasteiger partial charge < -0.3 is 5.11 Å². The highest BCUT2D eigenvalue weighted by Crippen LogP contribution is 2.42. The van der Waals surface area contributed by atoms with E-state index in [1.165, 1.54) is 11.8 Å². The van der Waals surface area contributed by atoms with Gasteiger partial charge in [0.05, 0.1) is 11.6 Å². The third kappa shape index (κ3) is 3.31. The summed E-state index contributed by atoms with van der Waals surface area (Å²) in [4.78, 5) is 39.0. The molecule has 1 aliphatic rings. The minimum Gasteiger partial charge on any atom is -0.507 e. The molecule has 3 aromatic rings. The molecule has 0 aromatic heterocycles. The van der Waals surface area contributed by atoms with Crippen LogP contribution in [0.5, 0.6) is 0 Å². The molecule has 1 saturated heterocycles. The van der Waals surface area contributed by atoms with Gasteiger partial charge in [0.1, 0.15) is 5.76 Å². The van der Waals surface area contributed by atoms with E-state index in [1.54, 1.807) is 54.6 Å². The van der Waals surface area contributed by atoms with Crippen molar-refractivity contribution in [1.29, 1.82) is 0 Å². The Bertz CT molecular complexity index is 1150. The zero-order valence-corrected chi connectivity index (χ0v) is 16.3. The lowest BCUT2D eigenvalue weighted by molar-refractivity contribution is -0.132. The number of Topliss-reactive ketones (excluding diaryl/α,β-unsaturated/α-hetero) is 2. The number of carbonyl (C=O) groups is 3. The molecule has 0 unspecified atom stereocenters. The molecule has 148 valence electrons. The van der Waals surface area contributed by atoms with Crippen LogP contribution in [0.15, 0.2) is 90.5 Å². The van der Waals surface area contributed by atoms with Crippen LogP contribution < -0.4 is 4.90 Å². The molecule has 0 spiro atoms. The summed E-state index contributed by atoms with van der Waals surface area (Å²) in [5, 5.41) is 11.0. The van der Waals surface area contributed by atoms with Gasteiger partial charge in [0.15, 0.2) is 5.78 Å². The van der Waals surface area contributed by atoms with Gasteiger partial charge in [-0.05, 0) is 36.8 Å². The van der Waals surface area contributed by atoms with Crippen molar-refractivity contribution in [2.45, 2.75) is 13.0 Å². The third-order valence-electron chi connectivity index (χ3n) is 5.16. The zero-order valence-electron chi connectivity index (χ0n) is 16.3.